The molecule has 24 N–H and O–H groups in total. The molecular weight excluding hydrogens is 2070 g/mol. The van der Waals surface area contributed by atoms with Gasteiger partial charge in [-0.3, -0.25) is 73.5 Å². The third-order valence-corrected chi connectivity index (χ3v) is 33.6. The van der Waals surface area contributed by atoms with Gasteiger partial charge in [-0.15, -0.1) is 0 Å². The van der Waals surface area contributed by atoms with E-state index in [1.54, 1.807) is 41.5 Å². The van der Waals surface area contributed by atoms with Gasteiger partial charge in [-0.25, -0.2) is 36.5 Å². The van der Waals surface area contributed by atoms with Crippen LogP contribution in [0.5, 0.6) is 0 Å². The Morgan fingerprint density at radius 3 is 0.901 bits per heavy atom. The number of carbonyl (C=O) groups excluding carboxylic acids is 4. The van der Waals surface area contributed by atoms with Crippen LogP contribution in [0, 0.1) is 0 Å². The highest BCUT2D eigenvalue weighted by atomic mass is 31.3. The van der Waals surface area contributed by atoms with Crippen molar-refractivity contribution in [2.24, 2.45) is 11.5 Å². The summed E-state index contributed by atoms with van der Waals surface area (Å²) >= 11 is 0. The monoisotopic (exact) mass is 2190 g/mol. The van der Waals surface area contributed by atoms with Crippen molar-refractivity contribution >= 4 is 86.2 Å². The van der Waals surface area contributed by atoms with Crippen LogP contribution in [0.25, 0.3) is 0 Å². The fourth-order valence-electron chi connectivity index (χ4n) is 14.2. The van der Waals surface area contributed by atoms with E-state index in [2.05, 4.69) is 82.9 Å². The Hall–Kier alpha value is -4.84. The minimum atomic E-state index is -5.21. The molecule has 8 fully saturated rings. The van der Waals surface area contributed by atoms with E-state index in [4.69, 9.17) is 85.6 Å². The predicted molar refractivity (Wildman–Crippen MR) is 467 cm³/mol. The summed E-state index contributed by atoms with van der Waals surface area (Å²) in [6, 6.07) is -1.55. The fourth-order valence-corrected chi connectivity index (χ4v) is 24.1. The van der Waals surface area contributed by atoms with Crippen LogP contribution in [0.2, 0.25) is 0 Å². The Morgan fingerprint density at radius 1 is 0.362 bits per heavy atom. The van der Waals surface area contributed by atoms with E-state index in [1.165, 1.54) is 44.4 Å². The summed E-state index contributed by atoms with van der Waals surface area (Å²) < 4.78 is 220. The lowest BCUT2D eigenvalue weighted by Crippen LogP contribution is -2.52. The molecule has 0 aromatic rings. The van der Waals surface area contributed by atoms with E-state index in [9.17, 15) is 137 Å². The molecule has 0 aromatic heterocycles. The second-order valence-corrected chi connectivity index (χ2v) is 45.7. The number of amides is 4. The van der Waals surface area contributed by atoms with Crippen LogP contribution in [-0.2, 0) is 165 Å². The average Bonchev–Trinajstić information content (AvgIpc) is 1.70. The molecule has 0 bridgehead atoms. The Morgan fingerprint density at radius 2 is 0.624 bits per heavy atom. The van der Waals surface area contributed by atoms with E-state index in [0.29, 0.717) is 17.6 Å². The van der Waals surface area contributed by atoms with E-state index in [-0.39, 0.29) is 74.6 Å². The highest BCUT2D eigenvalue weighted by Gasteiger charge is 2.55. The van der Waals surface area contributed by atoms with Gasteiger partial charge in [0.25, 0.3) is 23.6 Å². The van der Waals surface area contributed by atoms with E-state index in [1.807, 2.05) is 0 Å². The number of phosphoric ester groups is 8. The lowest BCUT2D eigenvalue weighted by molar-refractivity contribution is -0.236. The van der Waals surface area contributed by atoms with Gasteiger partial charge in [-0.1, -0.05) is 33.7 Å². The normalized spacial score (nSPS) is 38.0. The summed E-state index contributed by atoms with van der Waals surface area (Å²) in [5.74, 6) is -1.00. The van der Waals surface area contributed by atoms with Crippen molar-refractivity contribution in [1.29, 1.82) is 0 Å². The Bertz CT molecular complexity index is 4640. The molecule has 0 saturated carbocycles. The van der Waals surface area contributed by atoms with Crippen LogP contribution in [0.4, 0.5) is 0 Å². The summed E-state index contributed by atoms with van der Waals surface area (Å²) in [6.45, 7) is 21.3. The molecule has 0 aromatic carbocycles. The number of rotatable bonds is 36. The standard InChI is InChI=1S/C18H31N3O12P2.C18H30N2O13P2.C17H29N3O13P2.C17H28N2O14P2.CH4/c1-9-7-21(11(3)20-17(9)24)15-6-13(22)14(31-15)8-29-34(25,26)33-35(27,28-4)32-18-16(23)12(19)5-10(2)30-18;1-9-7-20(11(3)19-17(9)24)15-6-12(21)14(31-15)8-29-34(25,26)33-35(27,28-4)32-18-16(23)13(22)5-10(2)30-18;1-8-6-10(18)13(22)17(30-8)32-35(27,28-3)33-34(25,26)29-7-11-14(23)15(24)16(31-11)20-5-4-12(21)19-9(20)2;1-8-6-10(20)13(22)17(30-8)32-35(27,28-3)33-34(25,26)29-7-11-14(23)15(24)16(31-11)19-5-4-12(21)18-9(19)2;/h7,10,12-16,18,22-23H,3,5-6,8,19H2,1-2,4H3,(H,20,24)(H,25,26);7,10,12-16,18,21-23H,3,5-6,8H2,1-2,4H3,(H,19,24)(H,25,26);4-5,8,10-11,13-17,22-24H,2,6-7,18H2,1,3H3,(H,19,21)(H,25,26);4-5,8,10-11,13-17,20,22-24H,2,6-7H2,1,3H3,(H,18,21)(H,25,26);1H4/t10?,12-,13?,14+,15+,16?,18+,35?;10?,12?,13-,14+,15+,16?,18+,35?;2*8?,10-,11+,13?,14?,15-,16+,17+,35?;/m0000./s1. The average molecular weight is 2200 g/mol. The second-order valence-electron chi connectivity index (χ2n) is 32.5. The van der Waals surface area contributed by atoms with Crippen molar-refractivity contribution in [3.63, 3.8) is 0 Å². The molecule has 8 saturated heterocycles. The zero-order chi connectivity index (χ0) is 105. The van der Waals surface area contributed by atoms with E-state index >= 15 is 0 Å². The van der Waals surface area contributed by atoms with Gasteiger partial charge in [0.05, 0.1) is 75.3 Å². The lowest BCUT2D eigenvalue weighted by Gasteiger charge is -2.36. The second kappa shape index (κ2) is 50.6. The van der Waals surface area contributed by atoms with Crippen molar-refractivity contribution in [3.05, 3.63) is 97.7 Å². The molecule has 12 heterocycles. The molecule has 62 nitrogen and oxygen atoms in total. The van der Waals surface area contributed by atoms with Gasteiger partial charge in [0.1, 0.15) is 109 Å². The molecule has 808 valence electrons. The van der Waals surface area contributed by atoms with Crippen LogP contribution in [0.1, 0.15) is 87.5 Å². The third kappa shape index (κ3) is 33.1. The highest BCUT2D eigenvalue weighted by molar-refractivity contribution is 7.63. The van der Waals surface area contributed by atoms with Crippen LogP contribution >= 0.6 is 62.6 Å². The predicted octanol–water partition coefficient (Wildman–Crippen LogP) is -2.15. The number of phosphoric acid groups is 8. The highest BCUT2D eigenvalue weighted by Crippen LogP contribution is 2.68. The number of ether oxygens (including phenoxy) is 8. The third-order valence-electron chi connectivity index (χ3n) is 21.6. The number of nitrogens with zero attached hydrogens (tertiary/aromatic N) is 4. The summed E-state index contributed by atoms with van der Waals surface area (Å²) in [7, 11) is -36.4. The maximum Gasteiger partial charge on any atom is 0.485 e. The largest absolute Gasteiger partial charge is 0.485 e. The van der Waals surface area contributed by atoms with Gasteiger partial charge >= 0.3 is 62.6 Å². The van der Waals surface area contributed by atoms with Crippen molar-refractivity contribution in [3.8, 4) is 0 Å². The number of aliphatic hydroxyl groups excluding tert-OH is 12. The van der Waals surface area contributed by atoms with Crippen molar-refractivity contribution in [2.45, 2.75) is 272 Å². The fraction of sp³-hybridized carbons (Fsp3) is 0.718. The molecule has 12 aliphatic rings. The molecular formula is C71H122N10O52P8. The number of nitrogens with one attached hydrogen (secondary N) is 4. The van der Waals surface area contributed by atoms with Gasteiger partial charge in [0.2, 0.25) is 0 Å². The first kappa shape index (κ1) is 121. The number of hydrogen-bond donors (Lipinski definition) is 22. The smallest absolute Gasteiger partial charge is 0.390 e. The zero-order valence-corrected chi connectivity index (χ0v) is 83.2. The van der Waals surface area contributed by atoms with Crippen LogP contribution in [0.15, 0.2) is 97.7 Å². The Kier molecular flexibility index (Phi) is 43.6. The summed E-state index contributed by atoms with van der Waals surface area (Å²) in [5.41, 5.74) is 12.3. The molecule has 141 heavy (non-hydrogen) atoms. The van der Waals surface area contributed by atoms with Gasteiger partial charge in [-0.2, -0.15) is 17.2 Å². The molecule has 38 atom stereocenters. The molecule has 70 heteroatoms. The van der Waals surface area contributed by atoms with Crippen LogP contribution in [-0.4, -0.2) is 363 Å². The molecule has 0 spiro atoms. The summed E-state index contributed by atoms with van der Waals surface area (Å²) in [4.78, 5) is 91.8. The maximum absolute atomic E-state index is 12.8. The van der Waals surface area contributed by atoms with Crippen LogP contribution < -0.4 is 32.7 Å². The summed E-state index contributed by atoms with van der Waals surface area (Å²) in [5, 5.41) is 131. The molecule has 20 unspecified atom stereocenters. The van der Waals surface area contributed by atoms with Gasteiger partial charge in [0, 0.05) is 114 Å². The number of nitrogens with two attached hydrogens (primary N) is 2. The number of carbonyl (C=O) groups is 4. The van der Waals surface area contributed by atoms with Crippen LogP contribution in [0.3, 0.4) is 0 Å². The number of aliphatic hydroxyl groups is 12. The molecule has 12 rings (SSSR count). The first-order chi connectivity index (χ1) is 65.0. The van der Waals surface area contributed by atoms with Crippen molar-refractivity contribution in [2.75, 3.05) is 54.9 Å². The first-order valence-electron chi connectivity index (χ1n) is 41.9. The SMILES string of the molecule is C.C=C1NC(=O)C(C)=CN1[C@H]1CC(O)[C@@H](COP(=O)(O)OP(=O)(OC)O[C@H]2OC(C)C[C@H](N)C2O)O1.C=C1NC(=O)C(C)=CN1[C@H]1CC(O)[C@@H](COP(=O)(O)OP(=O)(OC)O[C@H]2OC(C)C[C@H](O)C2O)O1.C=C1NC(=O)C=CN1[C@@H]1O[C@H](COP(=O)(O)OP(=O)(OC)O[C@H]2OC(C)C[C@H](N)C2O)C(O)[C@@H]1O.C=C1NC(=O)C=CN1[C@@H]1O[C@H](COP(=O)(O)OP(=O)(OC)O[C@H]2OC(C)C[C@H](O)C2O)C(O)[C@@H]1O. The Labute approximate surface area is 805 Å². The minimum absolute atomic E-state index is 0. The maximum atomic E-state index is 12.8. The van der Waals surface area contributed by atoms with Crippen molar-refractivity contribution in [1.82, 2.24) is 40.9 Å². The minimum Gasteiger partial charge on any atom is -0.390 e. The molecule has 0 radical (unpaired) electrons. The molecule has 12 aliphatic heterocycles. The van der Waals surface area contributed by atoms with Crippen molar-refractivity contribution < 1.29 is 246 Å². The Balaban J connectivity index is 0.000000230. The molecule has 0 aliphatic carbocycles. The molecule has 4 amide bonds. The van der Waals surface area contributed by atoms with Gasteiger partial charge in [0.15, 0.2) is 37.6 Å². The quantitative estimate of drug-likeness (QED) is 0.0298. The topological polar surface area (TPSA) is 863 Å². The summed E-state index contributed by atoms with van der Waals surface area (Å²) in [6.07, 6.45) is -26.0. The zero-order valence-electron chi connectivity index (χ0n) is 76.1. The first-order valence-corrected chi connectivity index (χ1v) is 53.7. The lowest BCUT2D eigenvalue weighted by atomic mass is 10.0. The number of hydrogen-bond acceptors (Lipinski definition) is 54. The van der Waals surface area contributed by atoms with Gasteiger partial charge < -0.3 is 171 Å². The van der Waals surface area contributed by atoms with E-state index in [0.717, 1.165) is 40.6 Å². The van der Waals surface area contributed by atoms with E-state index < -0.39 is 285 Å². The van der Waals surface area contributed by atoms with Gasteiger partial charge in [-0.05, 0) is 54.4 Å².